The Bertz CT molecular complexity index is 399. The maximum Gasteiger partial charge on any atom is 0.137 e. The summed E-state index contributed by atoms with van der Waals surface area (Å²) in [6.45, 7) is 2.24. The predicted octanol–water partition coefficient (Wildman–Crippen LogP) is 3.47. The van der Waals surface area contributed by atoms with Crippen LogP contribution >= 0.6 is 11.6 Å². The van der Waals surface area contributed by atoms with Crippen molar-refractivity contribution in [2.24, 2.45) is 0 Å². The van der Waals surface area contributed by atoms with Crippen LogP contribution in [-0.4, -0.2) is 11.7 Å². The fourth-order valence-electron chi connectivity index (χ4n) is 1.38. The largest absolute Gasteiger partial charge is 0.492 e. The lowest BCUT2D eigenvalue weighted by Crippen LogP contribution is -1.99. The third-order valence-electron chi connectivity index (χ3n) is 2.38. The van der Waals surface area contributed by atoms with Gasteiger partial charge in [0.1, 0.15) is 5.75 Å². The summed E-state index contributed by atoms with van der Waals surface area (Å²) in [5.74, 6) is 0.619. The minimum absolute atomic E-state index is 0.503. The molecule has 0 saturated heterocycles. The van der Waals surface area contributed by atoms with Gasteiger partial charge < -0.3 is 9.84 Å². The summed E-state index contributed by atoms with van der Waals surface area (Å²) in [6.07, 6.45) is 1.69. The summed E-state index contributed by atoms with van der Waals surface area (Å²) in [7, 11) is 0. The first-order chi connectivity index (χ1) is 8.15. The predicted molar refractivity (Wildman–Crippen MR) is 67.0 cm³/mol. The summed E-state index contributed by atoms with van der Waals surface area (Å²) in [5.41, 5.74) is 0.770. The van der Waals surface area contributed by atoms with Crippen molar-refractivity contribution in [3.63, 3.8) is 0 Å². The highest BCUT2D eigenvalue weighted by Crippen LogP contribution is 2.27. The molecule has 0 radical (unpaired) electrons. The van der Waals surface area contributed by atoms with Crippen molar-refractivity contribution in [2.75, 3.05) is 6.61 Å². The number of rotatable bonds is 6. The Hall–Kier alpha value is -1.24. The normalized spacial score (nSPS) is 11.9. The van der Waals surface area contributed by atoms with E-state index in [0.717, 1.165) is 18.4 Å². The molecule has 0 aromatic heterocycles. The summed E-state index contributed by atoms with van der Waals surface area (Å²) < 4.78 is 5.50. The molecule has 1 atom stereocenters. The number of unbranched alkanes of at least 4 members (excludes halogenated alkanes) is 2. The number of nitriles is 1. The van der Waals surface area contributed by atoms with Crippen LogP contribution in [0.25, 0.3) is 0 Å². The quantitative estimate of drug-likeness (QED) is 0.790. The van der Waals surface area contributed by atoms with Crippen LogP contribution in [0.15, 0.2) is 18.2 Å². The van der Waals surface area contributed by atoms with Crippen LogP contribution < -0.4 is 4.74 Å². The fraction of sp³-hybridized carbons (Fsp3) is 0.462. The summed E-state index contributed by atoms with van der Waals surface area (Å²) >= 11 is 6.03. The molecule has 0 aliphatic heterocycles. The molecule has 0 saturated carbocycles. The third kappa shape index (κ3) is 4.64. The Morgan fingerprint density at radius 1 is 1.47 bits per heavy atom. The van der Waals surface area contributed by atoms with Gasteiger partial charge in [-0.15, -0.1) is 0 Å². The van der Waals surface area contributed by atoms with Gasteiger partial charge in [-0.1, -0.05) is 17.7 Å². The van der Waals surface area contributed by atoms with Gasteiger partial charge in [0, 0.05) is 6.42 Å². The second kappa shape index (κ2) is 7.16. The smallest absolute Gasteiger partial charge is 0.137 e. The van der Waals surface area contributed by atoms with E-state index in [4.69, 9.17) is 21.6 Å². The van der Waals surface area contributed by atoms with Crippen molar-refractivity contribution in [1.29, 1.82) is 5.26 Å². The van der Waals surface area contributed by atoms with Crippen LogP contribution in [0.3, 0.4) is 0 Å². The molecule has 1 N–H and O–H groups in total. The highest BCUT2D eigenvalue weighted by molar-refractivity contribution is 6.32. The second-order valence-corrected chi connectivity index (χ2v) is 4.24. The zero-order valence-electron chi connectivity index (χ0n) is 9.82. The Kier molecular flexibility index (Phi) is 5.82. The number of nitrogens with zero attached hydrogens (tertiary/aromatic N) is 1. The lowest BCUT2D eigenvalue weighted by atomic mass is 10.1. The number of benzene rings is 1. The average molecular weight is 254 g/mol. The molecule has 0 unspecified atom stereocenters. The maximum absolute atomic E-state index is 9.38. The van der Waals surface area contributed by atoms with E-state index in [0.29, 0.717) is 23.8 Å². The summed E-state index contributed by atoms with van der Waals surface area (Å²) in [6, 6.07) is 7.34. The number of ether oxygens (including phenoxy) is 1. The molecule has 3 nitrogen and oxygen atoms in total. The van der Waals surface area contributed by atoms with Crippen molar-refractivity contribution in [2.45, 2.75) is 32.3 Å². The standard InChI is InChI=1S/C13H16ClNO2/c1-10(16)11-5-6-13(12(14)9-11)17-8-4-2-3-7-15/h5-6,9-10,16H,2-4,8H2,1H3/t10-/m1/s1. The van der Waals surface area contributed by atoms with E-state index in [1.54, 1.807) is 25.1 Å². The monoisotopic (exact) mass is 253 g/mol. The average Bonchev–Trinajstić information content (AvgIpc) is 2.30. The van der Waals surface area contributed by atoms with E-state index in [2.05, 4.69) is 6.07 Å². The van der Waals surface area contributed by atoms with Gasteiger partial charge in [0.15, 0.2) is 0 Å². The molecule has 92 valence electrons. The lowest BCUT2D eigenvalue weighted by Gasteiger charge is -2.10. The Labute approximate surface area is 107 Å². The number of hydrogen-bond acceptors (Lipinski definition) is 3. The van der Waals surface area contributed by atoms with Crippen molar-refractivity contribution >= 4 is 11.6 Å². The van der Waals surface area contributed by atoms with Gasteiger partial charge in [-0.25, -0.2) is 0 Å². The number of hydrogen-bond donors (Lipinski definition) is 1. The first-order valence-corrected chi connectivity index (χ1v) is 6.00. The minimum Gasteiger partial charge on any atom is -0.492 e. The Morgan fingerprint density at radius 2 is 2.24 bits per heavy atom. The zero-order chi connectivity index (χ0) is 12.7. The number of halogens is 1. The minimum atomic E-state index is -0.530. The van der Waals surface area contributed by atoms with Gasteiger partial charge in [-0.2, -0.15) is 5.26 Å². The van der Waals surface area contributed by atoms with Crippen LogP contribution in [0.1, 0.15) is 37.9 Å². The van der Waals surface area contributed by atoms with E-state index in [9.17, 15) is 5.11 Å². The van der Waals surface area contributed by atoms with Crippen molar-refractivity contribution in [3.05, 3.63) is 28.8 Å². The number of aliphatic hydroxyl groups excluding tert-OH is 1. The Morgan fingerprint density at radius 3 is 2.82 bits per heavy atom. The van der Waals surface area contributed by atoms with Crippen LogP contribution in [0.5, 0.6) is 5.75 Å². The van der Waals surface area contributed by atoms with Gasteiger partial charge in [0.2, 0.25) is 0 Å². The lowest BCUT2D eigenvalue weighted by molar-refractivity contribution is 0.199. The molecule has 1 aromatic rings. The van der Waals surface area contributed by atoms with Crippen LogP contribution in [0.2, 0.25) is 5.02 Å². The molecule has 0 aliphatic rings. The molecule has 1 aromatic carbocycles. The van der Waals surface area contributed by atoms with E-state index >= 15 is 0 Å². The molecular weight excluding hydrogens is 238 g/mol. The van der Waals surface area contributed by atoms with E-state index in [1.165, 1.54) is 0 Å². The highest BCUT2D eigenvalue weighted by Gasteiger charge is 2.06. The molecule has 0 bridgehead atoms. The van der Waals surface area contributed by atoms with E-state index < -0.39 is 6.10 Å². The molecule has 0 fully saturated rings. The highest BCUT2D eigenvalue weighted by atomic mass is 35.5. The molecule has 0 amide bonds. The SMILES string of the molecule is C[C@@H](O)c1ccc(OCCCCC#N)c(Cl)c1. The van der Waals surface area contributed by atoms with Gasteiger partial charge >= 0.3 is 0 Å². The number of aliphatic hydroxyl groups is 1. The Balaban J connectivity index is 2.47. The first-order valence-electron chi connectivity index (χ1n) is 5.62. The molecule has 0 aliphatic carbocycles. The summed E-state index contributed by atoms with van der Waals surface area (Å²) in [4.78, 5) is 0. The third-order valence-corrected chi connectivity index (χ3v) is 2.67. The second-order valence-electron chi connectivity index (χ2n) is 3.83. The van der Waals surface area contributed by atoms with E-state index in [1.807, 2.05) is 0 Å². The summed E-state index contributed by atoms with van der Waals surface area (Å²) in [5, 5.41) is 18.3. The molecule has 0 heterocycles. The molecule has 4 heteroatoms. The van der Waals surface area contributed by atoms with Crippen molar-refractivity contribution in [1.82, 2.24) is 0 Å². The molecule has 17 heavy (non-hydrogen) atoms. The first kappa shape index (κ1) is 13.8. The van der Waals surface area contributed by atoms with Gasteiger partial charge in [-0.3, -0.25) is 0 Å². The van der Waals surface area contributed by atoms with Crippen molar-refractivity contribution in [3.8, 4) is 11.8 Å². The molecular formula is C13H16ClNO2. The van der Waals surface area contributed by atoms with Gasteiger partial charge in [0.25, 0.3) is 0 Å². The topological polar surface area (TPSA) is 53.2 Å². The van der Waals surface area contributed by atoms with Crippen LogP contribution in [0, 0.1) is 11.3 Å². The van der Waals surface area contributed by atoms with Crippen molar-refractivity contribution < 1.29 is 9.84 Å². The van der Waals surface area contributed by atoms with Gasteiger partial charge in [-0.05, 0) is 37.5 Å². The van der Waals surface area contributed by atoms with Gasteiger partial charge in [0.05, 0.1) is 23.8 Å². The van der Waals surface area contributed by atoms with Crippen LogP contribution in [-0.2, 0) is 0 Å². The molecule has 1 rings (SSSR count). The van der Waals surface area contributed by atoms with Crippen LogP contribution in [0.4, 0.5) is 0 Å². The molecule has 0 spiro atoms. The zero-order valence-corrected chi connectivity index (χ0v) is 10.6. The maximum atomic E-state index is 9.38. The van der Waals surface area contributed by atoms with E-state index in [-0.39, 0.29) is 0 Å². The fourth-order valence-corrected chi connectivity index (χ4v) is 1.63.